The minimum absolute atomic E-state index is 0.0912. The fourth-order valence-electron chi connectivity index (χ4n) is 2.78. The molecule has 1 aliphatic rings. The van der Waals surface area contributed by atoms with Gasteiger partial charge in [-0.3, -0.25) is 19.4 Å². The van der Waals surface area contributed by atoms with E-state index in [1.165, 1.54) is 9.80 Å². The average molecular weight is 368 g/mol. The number of thiocarbonyl (C=S) groups is 1. The van der Waals surface area contributed by atoms with E-state index in [-0.39, 0.29) is 10.7 Å². The first kappa shape index (κ1) is 17.9. The van der Waals surface area contributed by atoms with Gasteiger partial charge < -0.3 is 9.47 Å². The number of carbonyl (C=O) groups excluding carboxylic acids is 2. The van der Waals surface area contributed by atoms with E-state index in [1.54, 1.807) is 20.2 Å². The predicted molar refractivity (Wildman–Crippen MR) is 106 cm³/mol. The van der Waals surface area contributed by atoms with E-state index in [1.807, 2.05) is 66.2 Å². The number of aromatic nitrogens is 1. The van der Waals surface area contributed by atoms with Crippen molar-refractivity contribution in [3.05, 3.63) is 53.9 Å². The summed E-state index contributed by atoms with van der Waals surface area (Å²) in [5.41, 5.74) is 2.87. The Morgan fingerprint density at radius 3 is 2.08 bits per heavy atom. The number of nitrogens with zero attached hydrogens (tertiary/aromatic N) is 4. The lowest BCUT2D eigenvalue weighted by Gasteiger charge is -2.31. The molecule has 2 amide bonds. The number of hydrogen-bond donors (Lipinski definition) is 0. The molecule has 3 rings (SSSR count). The lowest BCUT2D eigenvalue weighted by molar-refractivity contribution is -0.132. The van der Waals surface area contributed by atoms with Crippen molar-refractivity contribution in [1.29, 1.82) is 0 Å². The molecule has 1 aromatic carbocycles. The summed E-state index contributed by atoms with van der Waals surface area (Å²) in [5, 5.41) is 0.201. The monoisotopic (exact) mass is 368 g/mol. The third-order valence-corrected chi connectivity index (χ3v) is 4.91. The predicted octanol–water partition coefficient (Wildman–Crippen LogP) is 2.14. The zero-order valence-electron chi connectivity index (χ0n) is 15.1. The maximum Gasteiger partial charge on any atom is 0.265 e. The summed E-state index contributed by atoms with van der Waals surface area (Å²) in [6.07, 6.45) is 3.51. The maximum atomic E-state index is 12.5. The highest BCUT2D eigenvalue weighted by molar-refractivity contribution is 7.80. The number of rotatable bonds is 3. The van der Waals surface area contributed by atoms with Crippen LogP contribution in [0, 0.1) is 0 Å². The molecule has 0 unspecified atom stereocenters. The Bertz CT molecular complexity index is 886. The Kier molecular flexibility index (Phi) is 4.65. The van der Waals surface area contributed by atoms with Gasteiger partial charge >= 0.3 is 0 Å². The number of carbonyl (C=O) groups is 2. The Morgan fingerprint density at radius 2 is 1.54 bits per heavy atom. The zero-order valence-corrected chi connectivity index (χ0v) is 15.9. The Morgan fingerprint density at radius 1 is 0.962 bits per heavy atom. The minimum Gasteiger partial charge on any atom is -0.378 e. The molecule has 26 heavy (non-hydrogen) atoms. The summed E-state index contributed by atoms with van der Waals surface area (Å²) in [6, 6.07) is 11.8. The molecule has 1 saturated heterocycles. The summed E-state index contributed by atoms with van der Waals surface area (Å²) in [5.74, 6) is -0.789. The molecule has 0 spiro atoms. The van der Waals surface area contributed by atoms with Crippen molar-refractivity contribution >= 4 is 40.9 Å². The van der Waals surface area contributed by atoms with Crippen LogP contribution in [-0.4, -0.2) is 59.5 Å². The van der Waals surface area contributed by atoms with Crippen LogP contribution in [0.4, 0.5) is 5.69 Å². The first-order chi connectivity index (χ1) is 12.3. The van der Waals surface area contributed by atoms with Crippen LogP contribution in [-0.2, 0) is 9.59 Å². The lowest BCUT2D eigenvalue weighted by atomic mass is 10.1. The molecule has 0 aliphatic carbocycles. The molecule has 2 aromatic rings. The molecule has 134 valence electrons. The summed E-state index contributed by atoms with van der Waals surface area (Å²) >= 11 is 5.12. The molecule has 0 N–H and O–H groups in total. The molecule has 0 radical (unpaired) electrons. The second-order valence-corrected chi connectivity index (χ2v) is 6.65. The lowest BCUT2D eigenvalue weighted by Crippen LogP contribution is -2.52. The van der Waals surface area contributed by atoms with E-state index in [9.17, 15) is 9.59 Å². The van der Waals surface area contributed by atoms with Crippen molar-refractivity contribution in [2.75, 3.05) is 33.1 Å². The van der Waals surface area contributed by atoms with Crippen molar-refractivity contribution in [3.63, 3.8) is 0 Å². The van der Waals surface area contributed by atoms with Gasteiger partial charge in [0.2, 0.25) is 0 Å². The fraction of sp³-hybridized carbons (Fsp3) is 0.211. The van der Waals surface area contributed by atoms with Gasteiger partial charge in [0.15, 0.2) is 5.11 Å². The zero-order chi connectivity index (χ0) is 19.0. The quantitative estimate of drug-likeness (QED) is 0.473. The second-order valence-electron chi connectivity index (χ2n) is 6.28. The van der Waals surface area contributed by atoms with Gasteiger partial charge in [0.1, 0.15) is 5.57 Å². The number of amides is 2. The van der Waals surface area contributed by atoms with E-state index in [0.717, 1.165) is 17.1 Å². The molecule has 1 aliphatic heterocycles. The Labute approximate surface area is 157 Å². The standard InChI is InChI=1S/C19H20N4O2S/c1-20(2)13-7-9-14(10-8-13)23-11-5-6-15(23)12-16-17(24)21(3)19(26)22(4)18(16)25/h5-12H,1-4H3. The largest absolute Gasteiger partial charge is 0.378 e. The van der Waals surface area contributed by atoms with Gasteiger partial charge in [0, 0.05) is 51.5 Å². The van der Waals surface area contributed by atoms with Gasteiger partial charge in [-0.05, 0) is 54.7 Å². The van der Waals surface area contributed by atoms with Crippen molar-refractivity contribution in [3.8, 4) is 5.69 Å². The van der Waals surface area contributed by atoms with Crippen molar-refractivity contribution in [2.45, 2.75) is 0 Å². The number of hydrogen-bond acceptors (Lipinski definition) is 4. The van der Waals surface area contributed by atoms with Crippen LogP contribution in [0.3, 0.4) is 0 Å². The highest BCUT2D eigenvalue weighted by atomic mass is 32.1. The van der Waals surface area contributed by atoms with Gasteiger partial charge in [-0.2, -0.15) is 0 Å². The highest BCUT2D eigenvalue weighted by Gasteiger charge is 2.35. The van der Waals surface area contributed by atoms with Crippen molar-refractivity contribution < 1.29 is 9.59 Å². The minimum atomic E-state index is -0.395. The van der Waals surface area contributed by atoms with Crippen LogP contribution in [0.25, 0.3) is 11.8 Å². The van der Waals surface area contributed by atoms with Crippen LogP contribution >= 0.6 is 12.2 Å². The van der Waals surface area contributed by atoms with Crippen LogP contribution in [0.1, 0.15) is 5.69 Å². The summed E-state index contributed by atoms with van der Waals surface area (Å²) < 4.78 is 1.93. The third kappa shape index (κ3) is 3.01. The van der Waals surface area contributed by atoms with Gasteiger partial charge in [-0.15, -0.1) is 0 Å². The van der Waals surface area contributed by atoms with Crippen LogP contribution in [0.15, 0.2) is 48.2 Å². The first-order valence-corrected chi connectivity index (χ1v) is 8.49. The van der Waals surface area contributed by atoms with Crippen molar-refractivity contribution in [2.24, 2.45) is 0 Å². The number of likely N-dealkylation sites (N-methyl/N-ethyl adjacent to an activating group) is 2. The average Bonchev–Trinajstić information content (AvgIpc) is 3.10. The fourth-order valence-corrected chi connectivity index (χ4v) is 2.95. The molecule has 2 heterocycles. The Hall–Kier alpha value is -2.93. The summed E-state index contributed by atoms with van der Waals surface area (Å²) in [6.45, 7) is 0. The summed E-state index contributed by atoms with van der Waals surface area (Å²) in [4.78, 5) is 29.6. The highest BCUT2D eigenvalue weighted by Crippen LogP contribution is 2.22. The van der Waals surface area contributed by atoms with Gasteiger partial charge in [-0.25, -0.2) is 0 Å². The molecule has 0 bridgehead atoms. The molecule has 1 aromatic heterocycles. The van der Waals surface area contributed by atoms with Gasteiger partial charge in [0.25, 0.3) is 11.8 Å². The number of benzene rings is 1. The summed E-state index contributed by atoms with van der Waals surface area (Å²) in [7, 11) is 7.11. The molecule has 6 nitrogen and oxygen atoms in total. The Balaban J connectivity index is 2.00. The van der Waals surface area contributed by atoms with Crippen LogP contribution < -0.4 is 4.90 Å². The molecular formula is C19H20N4O2S. The topological polar surface area (TPSA) is 48.8 Å². The van der Waals surface area contributed by atoms with Crippen molar-refractivity contribution in [1.82, 2.24) is 14.4 Å². The van der Waals surface area contributed by atoms with Crippen LogP contribution in [0.5, 0.6) is 0 Å². The van der Waals surface area contributed by atoms with Gasteiger partial charge in [0.05, 0.1) is 0 Å². The number of anilines is 1. The molecule has 1 fully saturated rings. The SMILES string of the molecule is CN1C(=O)C(=Cc2cccn2-c2ccc(N(C)C)cc2)C(=O)N(C)C1=S. The molecule has 0 saturated carbocycles. The van der Waals surface area contributed by atoms with E-state index in [0.29, 0.717) is 0 Å². The van der Waals surface area contributed by atoms with Gasteiger partial charge in [-0.1, -0.05) is 0 Å². The molecular weight excluding hydrogens is 348 g/mol. The first-order valence-electron chi connectivity index (χ1n) is 8.08. The van der Waals surface area contributed by atoms with E-state index >= 15 is 0 Å². The normalized spacial score (nSPS) is 14.9. The van der Waals surface area contributed by atoms with Crippen LogP contribution in [0.2, 0.25) is 0 Å². The van der Waals surface area contributed by atoms with E-state index < -0.39 is 11.8 Å². The van der Waals surface area contributed by atoms with E-state index in [2.05, 4.69) is 0 Å². The smallest absolute Gasteiger partial charge is 0.265 e. The van der Waals surface area contributed by atoms with E-state index in [4.69, 9.17) is 12.2 Å². The molecule has 0 atom stereocenters. The molecule has 7 heteroatoms. The third-order valence-electron chi connectivity index (χ3n) is 4.36. The second kappa shape index (κ2) is 6.76. The maximum absolute atomic E-state index is 12.5.